The predicted octanol–water partition coefficient (Wildman–Crippen LogP) is 3.37. The summed E-state index contributed by atoms with van der Waals surface area (Å²) in [5.41, 5.74) is 0.241. The van der Waals surface area contributed by atoms with E-state index in [0.29, 0.717) is 31.7 Å². The van der Waals surface area contributed by atoms with Crippen molar-refractivity contribution < 1.29 is 22.7 Å². The molecule has 1 saturated carbocycles. The molecular formula is C21H27F3N6O2. The minimum Gasteiger partial charge on any atom is -0.470 e. The summed E-state index contributed by atoms with van der Waals surface area (Å²) in [4.78, 5) is 22.6. The van der Waals surface area contributed by atoms with Crippen molar-refractivity contribution in [2.45, 2.75) is 64.3 Å². The smallest absolute Gasteiger partial charge is 0.255 e. The van der Waals surface area contributed by atoms with Crippen LogP contribution in [0.3, 0.4) is 0 Å². The molecule has 2 aliphatic rings. The zero-order valence-electron chi connectivity index (χ0n) is 18.1. The number of carbonyl (C=O) groups excluding carboxylic acids is 1. The van der Waals surface area contributed by atoms with Crippen LogP contribution in [0.5, 0.6) is 5.88 Å². The highest BCUT2D eigenvalue weighted by atomic mass is 19.3. The standard InChI is InChI=1S/C21H27F3N6O2/c1-13(2)19(31)29-11-16(12-29)32-18-9-17(25-14-3-6-21(23,24)7-4-14)26-20(27-18)30-8-5-15(10-22)28-30/h5,8-9,13-14,16H,3-4,6-7,10-12H2,1-2H3,(H,25,26,27). The van der Waals surface area contributed by atoms with Crippen molar-refractivity contribution >= 4 is 11.7 Å². The molecule has 0 radical (unpaired) electrons. The van der Waals surface area contributed by atoms with Gasteiger partial charge in [-0.1, -0.05) is 13.8 Å². The van der Waals surface area contributed by atoms with Crippen LogP contribution in [-0.4, -0.2) is 61.7 Å². The van der Waals surface area contributed by atoms with Crippen LogP contribution < -0.4 is 10.1 Å². The third-order valence-corrected chi connectivity index (χ3v) is 5.69. The lowest BCUT2D eigenvalue weighted by atomic mass is 9.92. The van der Waals surface area contributed by atoms with Gasteiger partial charge in [0.15, 0.2) is 0 Å². The number of hydrogen-bond donors (Lipinski definition) is 1. The molecule has 4 rings (SSSR count). The number of anilines is 1. The highest BCUT2D eigenvalue weighted by molar-refractivity contribution is 5.79. The van der Waals surface area contributed by atoms with Gasteiger partial charge < -0.3 is 15.0 Å². The molecule has 174 valence electrons. The SMILES string of the molecule is CC(C)C(=O)N1CC(Oc2cc(NC3CCC(F)(F)CC3)nc(-n3ccc(CF)n3)n2)C1. The predicted molar refractivity (Wildman–Crippen MR) is 111 cm³/mol. The molecule has 8 nitrogen and oxygen atoms in total. The Hall–Kier alpha value is -2.85. The third-order valence-electron chi connectivity index (χ3n) is 5.69. The zero-order valence-corrected chi connectivity index (χ0v) is 18.1. The maximum absolute atomic E-state index is 13.5. The molecule has 11 heteroatoms. The molecule has 0 bridgehead atoms. The van der Waals surface area contributed by atoms with Gasteiger partial charge in [-0.05, 0) is 18.9 Å². The van der Waals surface area contributed by atoms with Crippen molar-refractivity contribution in [3.63, 3.8) is 0 Å². The summed E-state index contributed by atoms with van der Waals surface area (Å²) in [6.07, 6.45) is 1.64. The van der Waals surface area contributed by atoms with Crippen molar-refractivity contribution in [3.05, 3.63) is 24.0 Å². The van der Waals surface area contributed by atoms with E-state index in [1.165, 1.54) is 10.7 Å². The van der Waals surface area contributed by atoms with Gasteiger partial charge in [0.2, 0.25) is 17.7 Å². The molecule has 0 atom stereocenters. The van der Waals surface area contributed by atoms with Crippen LogP contribution >= 0.6 is 0 Å². The topological polar surface area (TPSA) is 85.2 Å². The highest BCUT2D eigenvalue weighted by Gasteiger charge is 2.36. The van der Waals surface area contributed by atoms with E-state index in [0.717, 1.165) is 0 Å². The van der Waals surface area contributed by atoms with Crippen LogP contribution in [-0.2, 0) is 11.5 Å². The summed E-state index contributed by atoms with van der Waals surface area (Å²) in [5, 5.41) is 7.29. The van der Waals surface area contributed by atoms with Gasteiger partial charge in [0.05, 0.1) is 18.8 Å². The number of carbonyl (C=O) groups is 1. The summed E-state index contributed by atoms with van der Waals surface area (Å²) in [6.45, 7) is 3.91. The van der Waals surface area contributed by atoms with E-state index in [1.54, 1.807) is 17.2 Å². The van der Waals surface area contributed by atoms with Crippen molar-refractivity contribution in [1.29, 1.82) is 0 Å². The van der Waals surface area contributed by atoms with E-state index in [1.807, 2.05) is 13.8 Å². The molecule has 1 aliphatic carbocycles. The number of rotatable bonds is 7. The Balaban J connectivity index is 1.49. The number of nitrogens with zero attached hydrogens (tertiary/aromatic N) is 5. The van der Waals surface area contributed by atoms with Crippen LogP contribution in [0, 0.1) is 5.92 Å². The lowest BCUT2D eigenvalue weighted by Gasteiger charge is -2.39. The van der Waals surface area contributed by atoms with E-state index >= 15 is 0 Å². The van der Waals surface area contributed by atoms with E-state index < -0.39 is 12.6 Å². The minimum atomic E-state index is -2.62. The fourth-order valence-electron chi connectivity index (χ4n) is 3.82. The number of likely N-dealkylation sites (tertiary alicyclic amines) is 1. The average Bonchev–Trinajstić information content (AvgIpc) is 3.21. The Kier molecular flexibility index (Phi) is 6.25. The van der Waals surface area contributed by atoms with Gasteiger partial charge in [-0.3, -0.25) is 4.79 Å². The van der Waals surface area contributed by atoms with Crippen LogP contribution in [0.1, 0.15) is 45.2 Å². The minimum absolute atomic E-state index is 0.0694. The van der Waals surface area contributed by atoms with E-state index in [-0.39, 0.29) is 54.3 Å². The van der Waals surface area contributed by atoms with Crippen LogP contribution in [0.4, 0.5) is 19.0 Å². The summed E-state index contributed by atoms with van der Waals surface area (Å²) in [7, 11) is 0. The second-order valence-corrected chi connectivity index (χ2v) is 8.69. The van der Waals surface area contributed by atoms with Gasteiger partial charge in [0, 0.05) is 37.1 Å². The fourth-order valence-corrected chi connectivity index (χ4v) is 3.82. The number of amides is 1. The summed E-state index contributed by atoms with van der Waals surface area (Å²) < 4.78 is 47.2. The van der Waals surface area contributed by atoms with E-state index in [9.17, 15) is 18.0 Å². The molecule has 0 unspecified atom stereocenters. The van der Waals surface area contributed by atoms with Crippen LogP contribution in [0.25, 0.3) is 5.95 Å². The Morgan fingerprint density at radius 2 is 2.00 bits per heavy atom. The number of alkyl halides is 3. The Labute approximate surface area is 184 Å². The van der Waals surface area contributed by atoms with Gasteiger partial charge in [0.1, 0.15) is 18.6 Å². The van der Waals surface area contributed by atoms with Gasteiger partial charge >= 0.3 is 0 Å². The second kappa shape index (κ2) is 8.95. The lowest BCUT2D eigenvalue weighted by molar-refractivity contribution is -0.143. The molecule has 1 saturated heterocycles. The number of ether oxygens (including phenoxy) is 1. The quantitative estimate of drug-likeness (QED) is 0.694. The van der Waals surface area contributed by atoms with Gasteiger partial charge in [-0.15, -0.1) is 0 Å². The van der Waals surface area contributed by atoms with Crippen LogP contribution in [0.2, 0.25) is 0 Å². The van der Waals surface area contributed by atoms with Crippen molar-refractivity contribution in [3.8, 4) is 11.8 Å². The van der Waals surface area contributed by atoms with Crippen LogP contribution in [0.15, 0.2) is 18.3 Å². The van der Waals surface area contributed by atoms with Gasteiger partial charge in [-0.2, -0.15) is 15.1 Å². The third kappa shape index (κ3) is 5.13. The normalized spacial score (nSPS) is 19.1. The first kappa shape index (κ1) is 22.3. The molecular weight excluding hydrogens is 425 g/mol. The molecule has 1 aliphatic heterocycles. The first-order valence-electron chi connectivity index (χ1n) is 10.8. The van der Waals surface area contributed by atoms with Gasteiger partial charge in [-0.25, -0.2) is 17.9 Å². The number of nitrogens with one attached hydrogen (secondary N) is 1. The van der Waals surface area contributed by atoms with Crippen molar-refractivity contribution in [2.75, 3.05) is 18.4 Å². The molecule has 1 amide bonds. The Bertz CT molecular complexity index is 951. The fraction of sp³-hybridized carbons (Fsp3) is 0.619. The zero-order chi connectivity index (χ0) is 22.9. The summed E-state index contributed by atoms with van der Waals surface area (Å²) in [6, 6.07) is 2.99. The Morgan fingerprint density at radius 1 is 1.28 bits per heavy atom. The highest BCUT2D eigenvalue weighted by Crippen LogP contribution is 2.34. The molecule has 2 fully saturated rings. The van der Waals surface area contributed by atoms with E-state index in [4.69, 9.17) is 4.74 Å². The molecule has 2 aromatic heterocycles. The number of hydrogen-bond acceptors (Lipinski definition) is 6. The molecule has 1 N–H and O–H groups in total. The first-order chi connectivity index (χ1) is 15.2. The second-order valence-electron chi connectivity index (χ2n) is 8.69. The lowest BCUT2D eigenvalue weighted by Crippen LogP contribution is -2.57. The maximum atomic E-state index is 13.5. The molecule has 0 aromatic carbocycles. The largest absolute Gasteiger partial charge is 0.470 e. The first-order valence-corrected chi connectivity index (χ1v) is 10.8. The van der Waals surface area contributed by atoms with Gasteiger partial charge in [0.25, 0.3) is 5.95 Å². The molecule has 32 heavy (non-hydrogen) atoms. The maximum Gasteiger partial charge on any atom is 0.255 e. The van der Waals surface area contributed by atoms with Crippen molar-refractivity contribution in [1.82, 2.24) is 24.6 Å². The van der Waals surface area contributed by atoms with E-state index in [2.05, 4.69) is 20.4 Å². The Morgan fingerprint density at radius 3 is 2.62 bits per heavy atom. The summed E-state index contributed by atoms with van der Waals surface area (Å²) in [5.74, 6) is -1.75. The summed E-state index contributed by atoms with van der Waals surface area (Å²) >= 11 is 0. The molecule has 2 aromatic rings. The average molecular weight is 452 g/mol. The van der Waals surface area contributed by atoms with Crippen molar-refractivity contribution in [2.24, 2.45) is 5.92 Å². The monoisotopic (exact) mass is 452 g/mol. The number of aromatic nitrogens is 4. The molecule has 0 spiro atoms. The molecule has 3 heterocycles. The number of halogens is 3.